The van der Waals surface area contributed by atoms with E-state index in [1.165, 1.54) is 0 Å². The molecule has 3 aromatic rings. The summed E-state index contributed by atoms with van der Waals surface area (Å²) in [7, 11) is 5.52. The van der Waals surface area contributed by atoms with Crippen LogP contribution in [-0.4, -0.2) is 33.0 Å². The molecule has 0 N–H and O–H groups in total. The van der Waals surface area contributed by atoms with Crippen LogP contribution in [0.3, 0.4) is 0 Å². The van der Waals surface area contributed by atoms with Gasteiger partial charge in [-0.15, -0.1) is 0 Å². The topological polar surface area (TPSA) is 65.1 Å². The van der Waals surface area contributed by atoms with E-state index >= 15 is 0 Å². The monoisotopic (exact) mass is 429 g/mol. The van der Waals surface area contributed by atoms with Crippen LogP contribution in [-0.2, 0) is 11.2 Å². The second-order valence-electron chi connectivity index (χ2n) is 7.58. The lowest BCUT2D eigenvalue weighted by molar-refractivity contribution is -0.133. The fraction of sp³-hybridized carbons (Fsp3) is 0.154. The first-order chi connectivity index (χ1) is 15.4. The Kier molecular flexibility index (Phi) is 5.94. The fourth-order valence-electron chi connectivity index (χ4n) is 3.33. The zero-order chi connectivity index (χ0) is 22.7. The number of ketones is 1. The van der Waals surface area contributed by atoms with Crippen molar-refractivity contribution in [1.29, 1.82) is 0 Å². The molecule has 3 aromatic carbocycles. The fourth-order valence-corrected chi connectivity index (χ4v) is 3.33. The summed E-state index contributed by atoms with van der Waals surface area (Å²) in [5.41, 5.74) is 3.18. The molecule has 0 atom stereocenters. The molecule has 0 unspecified atom stereocenters. The van der Waals surface area contributed by atoms with Crippen LogP contribution in [0, 0.1) is 0 Å². The molecule has 0 aromatic heterocycles. The molecule has 6 heteroatoms. The SMILES string of the molecule is COc1ccc(CC(=O)Oc2ccc3c(c2)O/C(=C\c2ccc(N(C)C)cc2)C3=O)cc1. The minimum Gasteiger partial charge on any atom is -0.497 e. The molecule has 0 radical (unpaired) electrons. The van der Waals surface area contributed by atoms with Gasteiger partial charge < -0.3 is 19.1 Å². The van der Waals surface area contributed by atoms with Gasteiger partial charge in [-0.1, -0.05) is 24.3 Å². The lowest BCUT2D eigenvalue weighted by atomic mass is 10.1. The van der Waals surface area contributed by atoms with Gasteiger partial charge in [-0.3, -0.25) is 9.59 Å². The van der Waals surface area contributed by atoms with E-state index in [1.54, 1.807) is 43.5 Å². The van der Waals surface area contributed by atoms with Crippen LogP contribution >= 0.6 is 0 Å². The van der Waals surface area contributed by atoms with Gasteiger partial charge in [0.2, 0.25) is 5.78 Å². The van der Waals surface area contributed by atoms with Crippen LogP contribution in [0.25, 0.3) is 6.08 Å². The summed E-state index contributed by atoms with van der Waals surface area (Å²) < 4.78 is 16.3. The third kappa shape index (κ3) is 4.64. The number of benzene rings is 3. The Morgan fingerprint density at radius 3 is 2.31 bits per heavy atom. The van der Waals surface area contributed by atoms with Gasteiger partial charge in [0.25, 0.3) is 0 Å². The van der Waals surface area contributed by atoms with Crippen LogP contribution in [0.1, 0.15) is 21.5 Å². The number of fused-ring (bicyclic) bond motifs is 1. The summed E-state index contributed by atoms with van der Waals surface area (Å²) in [6, 6.07) is 19.8. The Morgan fingerprint density at radius 1 is 0.969 bits per heavy atom. The minimum atomic E-state index is -0.406. The normalized spacial score (nSPS) is 13.5. The molecular weight excluding hydrogens is 406 g/mol. The predicted molar refractivity (Wildman–Crippen MR) is 122 cm³/mol. The number of rotatable bonds is 6. The van der Waals surface area contributed by atoms with Crippen molar-refractivity contribution in [1.82, 2.24) is 0 Å². The number of allylic oxidation sites excluding steroid dienone is 1. The Hall–Kier alpha value is -4.06. The maximum Gasteiger partial charge on any atom is 0.315 e. The Morgan fingerprint density at radius 2 is 1.66 bits per heavy atom. The van der Waals surface area contributed by atoms with Crippen LogP contribution in [0.2, 0.25) is 0 Å². The van der Waals surface area contributed by atoms with Crippen LogP contribution in [0.5, 0.6) is 17.2 Å². The highest BCUT2D eigenvalue weighted by molar-refractivity contribution is 6.14. The number of carbonyl (C=O) groups is 2. The molecule has 0 saturated heterocycles. The summed E-state index contributed by atoms with van der Waals surface area (Å²) in [4.78, 5) is 27.0. The highest BCUT2D eigenvalue weighted by Gasteiger charge is 2.28. The van der Waals surface area contributed by atoms with Crippen molar-refractivity contribution in [3.8, 4) is 17.2 Å². The smallest absolute Gasteiger partial charge is 0.315 e. The highest BCUT2D eigenvalue weighted by Crippen LogP contribution is 2.35. The van der Waals surface area contributed by atoms with Gasteiger partial charge in [0, 0.05) is 25.8 Å². The molecule has 0 amide bonds. The standard InChI is InChI=1S/C26H23NO5/c1-27(2)19-8-4-17(5-9-19)14-24-26(29)22-13-12-21(16-23(22)32-24)31-25(28)15-18-6-10-20(30-3)11-7-18/h4-14,16H,15H2,1-3H3/b24-14-. The average Bonchev–Trinajstić information content (AvgIpc) is 3.09. The largest absolute Gasteiger partial charge is 0.497 e. The van der Waals surface area contributed by atoms with E-state index in [-0.39, 0.29) is 18.0 Å². The molecule has 4 rings (SSSR count). The molecule has 0 aliphatic carbocycles. The molecule has 32 heavy (non-hydrogen) atoms. The molecule has 0 spiro atoms. The summed E-state index contributed by atoms with van der Waals surface area (Å²) in [6.45, 7) is 0. The van der Waals surface area contributed by atoms with E-state index in [0.717, 1.165) is 22.6 Å². The van der Waals surface area contributed by atoms with Crippen molar-refractivity contribution in [2.45, 2.75) is 6.42 Å². The van der Waals surface area contributed by atoms with E-state index in [0.29, 0.717) is 17.1 Å². The number of Topliss-reactive ketones (excluding diaryl/α,β-unsaturated/α-hetero) is 1. The lowest BCUT2D eigenvalue weighted by Gasteiger charge is -2.11. The maximum absolute atomic E-state index is 12.7. The number of ether oxygens (including phenoxy) is 3. The molecule has 1 aliphatic rings. The van der Waals surface area contributed by atoms with E-state index in [2.05, 4.69) is 0 Å². The van der Waals surface area contributed by atoms with Crippen LogP contribution in [0.4, 0.5) is 5.69 Å². The van der Waals surface area contributed by atoms with E-state index in [4.69, 9.17) is 14.2 Å². The third-order valence-corrected chi connectivity index (χ3v) is 5.09. The first-order valence-corrected chi connectivity index (χ1v) is 10.1. The van der Waals surface area contributed by atoms with Crippen molar-refractivity contribution in [2.24, 2.45) is 0 Å². The summed E-state index contributed by atoms with van der Waals surface area (Å²) in [5.74, 6) is 1.05. The predicted octanol–water partition coefficient (Wildman–Crippen LogP) is 4.53. The number of anilines is 1. The number of hydrogen-bond acceptors (Lipinski definition) is 6. The van der Waals surface area contributed by atoms with Gasteiger partial charge in [0.1, 0.15) is 17.2 Å². The average molecular weight is 429 g/mol. The third-order valence-electron chi connectivity index (χ3n) is 5.09. The first kappa shape index (κ1) is 21.2. The Bertz CT molecular complexity index is 1180. The molecule has 1 heterocycles. The second kappa shape index (κ2) is 8.98. The van der Waals surface area contributed by atoms with Gasteiger partial charge in [-0.2, -0.15) is 0 Å². The van der Waals surface area contributed by atoms with Gasteiger partial charge >= 0.3 is 5.97 Å². The van der Waals surface area contributed by atoms with Crippen molar-refractivity contribution >= 4 is 23.5 Å². The van der Waals surface area contributed by atoms with E-state index in [1.807, 2.05) is 55.4 Å². The van der Waals surface area contributed by atoms with E-state index < -0.39 is 5.97 Å². The molecule has 0 fully saturated rings. The number of nitrogens with zero attached hydrogens (tertiary/aromatic N) is 1. The Labute approximate surface area is 186 Å². The lowest BCUT2D eigenvalue weighted by Crippen LogP contribution is -2.11. The minimum absolute atomic E-state index is 0.120. The van der Waals surface area contributed by atoms with Crippen molar-refractivity contribution in [2.75, 3.05) is 26.1 Å². The molecule has 162 valence electrons. The van der Waals surface area contributed by atoms with Crippen LogP contribution < -0.4 is 19.1 Å². The second-order valence-corrected chi connectivity index (χ2v) is 7.58. The summed E-state index contributed by atoms with van der Waals surface area (Å²) in [6.07, 6.45) is 1.83. The first-order valence-electron chi connectivity index (χ1n) is 10.1. The zero-order valence-corrected chi connectivity index (χ0v) is 18.1. The quantitative estimate of drug-likeness (QED) is 0.326. The molecule has 0 bridgehead atoms. The Balaban J connectivity index is 1.44. The zero-order valence-electron chi connectivity index (χ0n) is 18.1. The van der Waals surface area contributed by atoms with Gasteiger partial charge in [-0.05, 0) is 53.6 Å². The highest BCUT2D eigenvalue weighted by atomic mass is 16.5. The molecule has 6 nitrogen and oxygen atoms in total. The van der Waals surface area contributed by atoms with Gasteiger partial charge in [0.05, 0.1) is 19.1 Å². The van der Waals surface area contributed by atoms with Crippen molar-refractivity contribution < 1.29 is 23.8 Å². The maximum atomic E-state index is 12.7. The van der Waals surface area contributed by atoms with Gasteiger partial charge in [-0.25, -0.2) is 0 Å². The van der Waals surface area contributed by atoms with E-state index in [9.17, 15) is 9.59 Å². The molecule has 1 aliphatic heterocycles. The van der Waals surface area contributed by atoms with Crippen LogP contribution in [0.15, 0.2) is 72.5 Å². The number of esters is 1. The summed E-state index contributed by atoms with van der Waals surface area (Å²) >= 11 is 0. The number of carbonyl (C=O) groups excluding carboxylic acids is 2. The molecule has 0 saturated carbocycles. The van der Waals surface area contributed by atoms with Crippen molar-refractivity contribution in [3.63, 3.8) is 0 Å². The molecular formula is C26H23NO5. The summed E-state index contributed by atoms with van der Waals surface area (Å²) in [5, 5.41) is 0. The van der Waals surface area contributed by atoms with Gasteiger partial charge in [0.15, 0.2) is 5.76 Å². The number of hydrogen-bond donors (Lipinski definition) is 0. The van der Waals surface area contributed by atoms with Crippen molar-refractivity contribution in [3.05, 3.63) is 89.2 Å². The number of methoxy groups -OCH3 is 1.